The number of alkyl halides is 3. The SMILES string of the molecule is COc1ccc(C(S)C(NS(=O)(=O)c2c(C)cc(C)cc2C)C(F)(F)F)cc1OC. The number of hydrogen-bond acceptors (Lipinski definition) is 5. The molecule has 5 nitrogen and oxygen atoms in total. The molecule has 0 saturated heterocycles. The van der Waals surface area contributed by atoms with Crippen LogP contribution in [0.15, 0.2) is 35.2 Å². The number of rotatable bonds is 7. The number of aryl methyl sites for hydroxylation is 3. The molecule has 166 valence electrons. The number of thiol groups is 1. The van der Waals surface area contributed by atoms with Gasteiger partial charge in [-0.1, -0.05) is 23.8 Å². The Kier molecular flexibility index (Phi) is 7.36. The number of sulfonamides is 1. The summed E-state index contributed by atoms with van der Waals surface area (Å²) in [4.78, 5) is -0.171. The van der Waals surface area contributed by atoms with E-state index < -0.39 is 27.5 Å². The predicted molar refractivity (Wildman–Crippen MR) is 112 cm³/mol. The monoisotopic (exact) mass is 463 g/mol. The van der Waals surface area contributed by atoms with E-state index >= 15 is 0 Å². The van der Waals surface area contributed by atoms with Gasteiger partial charge in [0.05, 0.1) is 24.4 Å². The Hall–Kier alpha value is -1.91. The molecule has 0 aliphatic rings. The number of nitrogens with one attached hydrogen (secondary N) is 1. The van der Waals surface area contributed by atoms with Crippen molar-refractivity contribution < 1.29 is 31.1 Å². The highest BCUT2D eigenvalue weighted by molar-refractivity contribution is 7.89. The first kappa shape index (κ1) is 24.4. The summed E-state index contributed by atoms with van der Waals surface area (Å²) in [7, 11) is -1.73. The van der Waals surface area contributed by atoms with Gasteiger partial charge in [0.25, 0.3) is 0 Å². The van der Waals surface area contributed by atoms with Gasteiger partial charge < -0.3 is 9.47 Å². The van der Waals surface area contributed by atoms with Gasteiger partial charge in [0.2, 0.25) is 10.0 Å². The van der Waals surface area contributed by atoms with Crippen LogP contribution in [0.4, 0.5) is 13.2 Å². The van der Waals surface area contributed by atoms with Gasteiger partial charge >= 0.3 is 6.18 Å². The van der Waals surface area contributed by atoms with Gasteiger partial charge in [0.15, 0.2) is 11.5 Å². The van der Waals surface area contributed by atoms with Crippen molar-refractivity contribution in [2.24, 2.45) is 0 Å². The number of benzene rings is 2. The van der Waals surface area contributed by atoms with Gasteiger partial charge in [-0.25, -0.2) is 8.42 Å². The zero-order chi connectivity index (χ0) is 22.9. The van der Waals surface area contributed by atoms with Gasteiger partial charge in [-0.2, -0.15) is 30.5 Å². The van der Waals surface area contributed by atoms with E-state index in [0.29, 0.717) is 16.9 Å². The van der Waals surface area contributed by atoms with E-state index in [1.807, 2.05) is 4.72 Å². The van der Waals surface area contributed by atoms with Crippen LogP contribution < -0.4 is 14.2 Å². The lowest BCUT2D eigenvalue weighted by atomic mass is 10.0. The molecule has 0 amide bonds. The van der Waals surface area contributed by atoms with E-state index in [1.54, 1.807) is 32.9 Å². The quantitative estimate of drug-likeness (QED) is 0.593. The normalized spacial score (nSPS) is 14.3. The van der Waals surface area contributed by atoms with Crippen LogP contribution in [0.1, 0.15) is 27.5 Å². The van der Waals surface area contributed by atoms with E-state index in [4.69, 9.17) is 9.47 Å². The molecule has 2 aromatic carbocycles. The molecule has 30 heavy (non-hydrogen) atoms. The summed E-state index contributed by atoms with van der Waals surface area (Å²) in [6.45, 7) is 4.87. The van der Waals surface area contributed by atoms with Crippen LogP contribution in [0.25, 0.3) is 0 Å². The molecule has 0 aromatic heterocycles. The minimum Gasteiger partial charge on any atom is -0.493 e. The Labute approximate surface area is 180 Å². The van der Waals surface area contributed by atoms with Crippen LogP contribution >= 0.6 is 12.6 Å². The average Bonchev–Trinajstić information content (AvgIpc) is 2.63. The first-order valence-corrected chi connectivity index (χ1v) is 10.9. The third kappa shape index (κ3) is 5.22. The lowest BCUT2D eigenvalue weighted by molar-refractivity contribution is -0.151. The number of methoxy groups -OCH3 is 2. The number of ether oxygens (including phenoxy) is 2. The molecule has 0 fully saturated rings. The van der Waals surface area contributed by atoms with E-state index in [1.165, 1.54) is 32.4 Å². The second-order valence-electron chi connectivity index (χ2n) is 6.93. The van der Waals surface area contributed by atoms with Gasteiger partial charge in [0, 0.05) is 0 Å². The van der Waals surface area contributed by atoms with Gasteiger partial charge in [0.1, 0.15) is 6.04 Å². The molecular formula is C20H24F3NO4S2. The molecule has 10 heteroatoms. The van der Waals surface area contributed by atoms with E-state index in [9.17, 15) is 21.6 Å². The van der Waals surface area contributed by atoms with E-state index in [0.717, 1.165) is 5.56 Å². The Morgan fingerprint density at radius 3 is 1.97 bits per heavy atom. The Balaban J connectivity index is 2.49. The van der Waals surface area contributed by atoms with Crippen molar-refractivity contribution in [3.05, 3.63) is 52.6 Å². The molecule has 0 radical (unpaired) electrons. The highest BCUT2D eigenvalue weighted by Crippen LogP contribution is 2.39. The molecule has 0 spiro atoms. The van der Waals surface area contributed by atoms with Crippen LogP contribution in [0, 0.1) is 20.8 Å². The van der Waals surface area contributed by atoms with Crippen LogP contribution in [-0.4, -0.2) is 34.9 Å². The van der Waals surface area contributed by atoms with Crippen molar-refractivity contribution in [2.75, 3.05) is 14.2 Å². The predicted octanol–water partition coefficient (Wildman–Crippen LogP) is 4.51. The zero-order valence-electron chi connectivity index (χ0n) is 17.2. The van der Waals surface area contributed by atoms with Crippen LogP contribution in [-0.2, 0) is 10.0 Å². The first-order valence-electron chi connectivity index (χ1n) is 8.88. The lowest BCUT2D eigenvalue weighted by Gasteiger charge is -2.28. The summed E-state index contributed by atoms with van der Waals surface area (Å²) in [5.41, 5.74) is 1.66. The smallest absolute Gasteiger partial charge is 0.406 e. The third-order valence-electron chi connectivity index (χ3n) is 4.57. The minimum atomic E-state index is -4.89. The van der Waals surface area contributed by atoms with Crippen molar-refractivity contribution in [1.82, 2.24) is 4.72 Å². The van der Waals surface area contributed by atoms with Gasteiger partial charge in [-0.15, -0.1) is 0 Å². The maximum absolute atomic E-state index is 13.9. The van der Waals surface area contributed by atoms with Crippen molar-refractivity contribution in [2.45, 2.75) is 43.1 Å². The van der Waals surface area contributed by atoms with Crippen molar-refractivity contribution in [3.8, 4) is 11.5 Å². The van der Waals surface area contributed by atoms with E-state index in [-0.39, 0.29) is 16.2 Å². The number of halogens is 3. The molecule has 0 saturated carbocycles. The number of hydrogen-bond donors (Lipinski definition) is 2. The average molecular weight is 464 g/mol. The second kappa shape index (κ2) is 9.07. The molecule has 0 heterocycles. The van der Waals surface area contributed by atoms with Crippen LogP contribution in [0.2, 0.25) is 0 Å². The molecule has 2 rings (SSSR count). The summed E-state index contributed by atoms with van der Waals surface area (Å²) in [5, 5.41) is -1.52. The van der Waals surface area contributed by atoms with Gasteiger partial charge in [-0.3, -0.25) is 0 Å². The maximum atomic E-state index is 13.9. The minimum absolute atomic E-state index is 0.123. The van der Waals surface area contributed by atoms with Crippen molar-refractivity contribution >= 4 is 22.7 Å². The highest BCUT2D eigenvalue weighted by atomic mass is 32.2. The van der Waals surface area contributed by atoms with Crippen molar-refractivity contribution in [1.29, 1.82) is 0 Å². The Bertz CT molecular complexity index is 1000. The molecule has 0 aliphatic heterocycles. The largest absolute Gasteiger partial charge is 0.493 e. The molecule has 0 aliphatic carbocycles. The summed E-state index contributed by atoms with van der Waals surface area (Å²) in [6, 6.07) is 4.91. The molecule has 2 unspecified atom stereocenters. The fourth-order valence-electron chi connectivity index (χ4n) is 3.36. The Morgan fingerprint density at radius 2 is 1.50 bits per heavy atom. The third-order valence-corrected chi connectivity index (χ3v) is 6.91. The molecule has 1 N–H and O–H groups in total. The Morgan fingerprint density at radius 1 is 0.967 bits per heavy atom. The summed E-state index contributed by atoms with van der Waals surface area (Å²) in [5.74, 6) is 0.542. The molecule has 2 aromatic rings. The highest BCUT2D eigenvalue weighted by Gasteiger charge is 2.47. The second-order valence-corrected chi connectivity index (χ2v) is 9.13. The molecule has 0 bridgehead atoms. The molecular weight excluding hydrogens is 439 g/mol. The summed E-state index contributed by atoms with van der Waals surface area (Å²) >= 11 is 4.11. The van der Waals surface area contributed by atoms with E-state index in [2.05, 4.69) is 12.6 Å². The fourth-order valence-corrected chi connectivity index (χ4v) is 5.55. The first-order chi connectivity index (χ1) is 13.8. The molecule has 2 atom stereocenters. The maximum Gasteiger partial charge on any atom is 0.406 e. The standard InChI is InChI=1S/C20H24F3NO4S2/c1-11-8-12(2)18(13(3)9-11)30(25,26)24-19(20(21,22)23)17(29)14-6-7-15(27-4)16(10-14)28-5/h6-10,17,19,24,29H,1-5H3. The van der Waals surface area contributed by atoms with Crippen molar-refractivity contribution in [3.63, 3.8) is 0 Å². The lowest BCUT2D eigenvalue weighted by Crippen LogP contribution is -2.48. The van der Waals surface area contributed by atoms with Gasteiger partial charge in [-0.05, 0) is 49.6 Å². The van der Waals surface area contributed by atoms with Crippen LogP contribution in [0.3, 0.4) is 0 Å². The fraction of sp³-hybridized carbons (Fsp3) is 0.400. The summed E-state index contributed by atoms with van der Waals surface area (Å²) < 4.78 is 79.4. The zero-order valence-corrected chi connectivity index (χ0v) is 18.9. The summed E-state index contributed by atoms with van der Waals surface area (Å²) in [6.07, 6.45) is -4.89. The topological polar surface area (TPSA) is 64.6 Å². The van der Waals surface area contributed by atoms with Crippen LogP contribution in [0.5, 0.6) is 11.5 Å².